The molecular formula is C25H18F6N2O2. The number of aryl methyl sites for hydroxylation is 2. The van der Waals surface area contributed by atoms with Gasteiger partial charge in [0, 0.05) is 36.0 Å². The van der Waals surface area contributed by atoms with Gasteiger partial charge in [0.25, 0.3) is 0 Å². The van der Waals surface area contributed by atoms with E-state index in [9.17, 15) is 22.0 Å². The lowest BCUT2D eigenvalue weighted by molar-refractivity contribution is -0.276. The van der Waals surface area contributed by atoms with Crippen molar-refractivity contribution < 1.29 is 35.8 Å². The Bertz CT molecular complexity index is 1330. The number of benzene rings is 3. The highest BCUT2D eigenvalue weighted by molar-refractivity contribution is 5.87. The van der Waals surface area contributed by atoms with E-state index in [4.69, 9.17) is 4.74 Å². The Labute approximate surface area is 196 Å². The molecule has 3 aromatic carbocycles. The Hall–Kier alpha value is -3.66. The average Bonchev–Trinajstić information content (AvgIpc) is 2.81. The average molecular weight is 492 g/mol. The normalized spacial score (nSPS) is 11.7. The van der Waals surface area contributed by atoms with Crippen LogP contribution < -0.4 is 4.74 Å². The molecule has 0 unspecified atom stereocenters. The lowest BCUT2D eigenvalue weighted by Crippen LogP contribution is -2.19. The van der Waals surface area contributed by atoms with Crippen molar-refractivity contribution in [1.29, 1.82) is 0 Å². The molecule has 182 valence electrons. The molecule has 1 heterocycles. The zero-order valence-electron chi connectivity index (χ0n) is 18.3. The Morgan fingerprint density at radius 2 is 1.51 bits per heavy atom. The van der Waals surface area contributed by atoms with Gasteiger partial charge in [0.15, 0.2) is 17.5 Å². The minimum Gasteiger partial charge on any atom is -0.399 e. The van der Waals surface area contributed by atoms with Crippen LogP contribution in [0.15, 0.2) is 54.9 Å². The molecule has 4 aromatic rings. The maximum absolute atomic E-state index is 15.1. The van der Waals surface area contributed by atoms with Crippen molar-refractivity contribution in [3.05, 3.63) is 89.0 Å². The van der Waals surface area contributed by atoms with Crippen molar-refractivity contribution >= 4 is 10.8 Å². The summed E-state index contributed by atoms with van der Waals surface area (Å²) < 4.78 is 88.3. The second-order valence-corrected chi connectivity index (χ2v) is 7.76. The summed E-state index contributed by atoms with van der Waals surface area (Å²) in [6.45, 7) is 0.386. The van der Waals surface area contributed by atoms with Crippen molar-refractivity contribution in [2.75, 3.05) is 7.11 Å². The van der Waals surface area contributed by atoms with Gasteiger partial charge in [-0.05, 0) is 47.6 Å². The number of rotatable bonds is 7. The molecule has 4 rings (SSSR count). The summed E-state index contributed by atoms with van der Waals surface area (Å²) in [5.41, 5.74) is 1.87. The fourth-order valence-corrected chi connectivity index (χ4v) is 3.66. The number of alkyl halides is 3. The van der Waals surface area contributed by atoms with Gasteiger partial charge in [0.2, 0.25) is 5.75 Å². The summed E-state index contributed by atoms with van der Waals surface area (Å²) in [5, 5.41) is 0.951. The Morgan fingerprint density at radius 1 is 0.829 bits per heavy atom. The van der Waals surface area contributed by atoms with E-state index in [1.54, 1.807) is 49.8 Å². The number of hydrogen-bond acceptors (Lipinski definition) is 4. The Balaban J connectivity index is 1.53. The molecule has 0 atom stereocenters. The largest absolute Gasteiger partial charge is 0.573 e. The van der Waals surface area contributed by atoms with E-state index >= 15 is 4.39 Å². The molecule has 0 bridgehead atoms. The van der Waals surface area contributed by atoms with E-state index in [1.165, 1.54) is 0 Å². The van der Waals surface area contributed by atoms with Crippen LogP contribution in [-0.2, 0) is 24.2 Å². The third kappa shape index (κ3) is 5.71. The van der Waals surface area contributed by atoms with Crippen LogP contribution >= 0.6 is 0 Å². The van der Waals surface area contributed by atoms with Gasteiger partial charge in [-0.3, -0.25) is 0 Å². The first kappa shape index (κ1) is 24.5. The van der Waals surface area contributed by atoms with Gasteiger partial charge in [0.1, 0.15) is 5.82 Å². The first-order chi connectivity index (χ1) is 16.6. The molecule has 0 radical (unpaired) electrons. The summed E-state index contributed by atoms with van der Waals surface area (Å²) >= 11 is 0. The number of aromatic nitrogens is 2. The molecule has 0 aliphatic carbocycles. The zero-order valence-corrected chi connectivity index (χ0v) is 18.3. The van der Waals surface area contributed by atoms with Crippen molar-refractivity contribution in [2.45, 2.75) is 25.8 Å². The molecule has 0 saturated carbocycles. The van der Waals surface area contributed by atoms with Crippen molar-refractivity contribution in [2.24, 2.45) is 0 Å². The summed E-state index contributed by atoms with van der Waals surface area (Å²) in [6.07, 6.45) is -1.86. The molecule has 0 spiro atoms. The smallest absolute Gasteiger partial charge is 0.399 e. The predicted molar refractivity (Wildman–Crippen MR) is 116 cm³/mol. The monoisotopic (exact) mass is 492 g/mol. The van der Waals surface area contributed by atoms with Gasteiger partial charge in [-0.1, -0.05) is 24.3 Å². The van der Waals surface area contributed by atoms with Gasteiger partial charge in [-0.15, -0.1) is 13.2 Å². The van der Waals surface area contributed by atoms with E-state index in [-0.39, 0.29) is 18.4 Å². The van der Waals surface area contributed by atoms with Gasteiger partial charge in [-0.2, -0.15) is 0 Å². The number of nitrogens with zero attached hydrogens (tertiary/aromatic N) is 2. The maximum Gasteiger partial charge on any atom is 0.573 e. The SMILES string of the molecule is COCc1cnc(-c2ccc3c(F)c(CCc4cc(F)c(OC(F)(F)F)c(F)c4)ccc3c2)nc1. The van der Waals surface area contributed by atoms with E-state index in [0.717, 1.165) is 17.7 Å². The standard InChI is InChI=1S/C25H18F6N2O2/c1-34-13-15-11-32-24(33-12-15)18-6-7-19-17(10-18)5-4-16(22(19)28)3-2-14-8-20(26)23(21(27)9-14)35-25(29,30)31/h4-12H,2-3,13H2,1H3. The lowest BCUT2D eigenvalue weighted by Gasteiger charge is -2.12. The predicted octanol–water partition coefficient (Wildman–Crippen LogP) is 6.54. The number of hydrogen-bond donors (Lipinski definition) is 0. The number of fused-ring (bicyclic) bond motifs is 1. The van der Waals surface area contributed by atoms with E-state index < -0.39 is 29.6 Å². The van der Waals surface area contributed by atoms with E-state index in [1.807, 2.05) is 0 Å². The van der Waals surface area contributed by atoms with Crippen molar-refractivity contribution in [1.82, 2.24) is 9.97 Å². The molecule has 0 amide bonds. The molecule has 0 N–H and O–H groups in total. The molecule has 10 heteroatoms. The van der Waals surface area contributed by atoms with Crippen LogP contribution in [0.4, 0.5) is 26.3 Å². The fourth-order valence-electron chi connectivity index (χ4n) is 3.66. The summed E-state index contributed by atoms with van der Waals surface area (Å²) in [4.78, 5) is 8.60. The zero-order chi connectivity index (χ0) is 25.2. The van der Waals surface area contributed by atoms with Crippen LogP contribution in [0.5, 0.6) is 5.75 Å². The Morgan fingerprint density at radius 3 is 2.14 bits per heavy atom. The number of methoxy groups -OCH3 is 1. The molecule has 0 aliphatic heterocycles. The third-order valence-electron chi connectivity index (χ3n) is 5.27. The molecule has 0 fully saturated rings. The third-order valence-corrected chi connectivity index (χ3v) is 5.27. The fraction of sp³-hybridized carbons (Fsp3) is 0.200. The second kappa shape index (κ2) is 9.91. The van der Waals surface area contributed by atoms with Crippen LogP contribution in [0.2, 0.25) is 0 Å². The topological polar surface area (TPSA) is 44.2 Å². The second-order valence-electron chi connectivity index (χ2n) is 7.76. The highest BCUT2D eigenvalue weighted by Gasteiger charge is 2.34. The van der Waals surface area contributed by atoms with Crippen LogP contribution in [0.25, 0.3) is 22.2 Å². The highest BCUT2D eigenvalue weighted by Crippen LogP contribution is 2.30. The quantitative estimate of drug-likeness (QED) is 0.275. The molecule has 35 heavy (non-hydrogen) atoms. The van der Waals surface area contributed by atoms with Gasteiger partial charge in [0.05, 0.1) is 6.61 Å². The van der Waals surface area contributed by atoms with Gasteiger partial charge >= 0.3 is 6.36 Å². The first-order valence-electron chi connectivity index (χ1n) is 10.4. The van der Waals surface area contributed by atoms with Gasteiger partial charge < -0.3 is 9.47 Å². The van der Waals surface area contributed by atoms with Crippen molar-refractivity contribution in [3.63, 3.8) is 0 Å². The maximum atomic E-state index is 15.1. The summed E-state index contributed by atoms with van der Waals surface area (Å²) in [6, 6.07) is 9.78. The lowest BCUT2D eigenvalue weighted by atomic mass is 9.98. The first-order valence-corrected chi connectivity index (χ1v) is 10.4. The molecule has 4 nitrogen and oxygen atoms in total. The molecular weight excluding hydrogens is 474 g/mol. The highest BCUT2D eigenvalue weighted by atomic mass is 19.4. The minimum atomic E-state index is -5.23. The molecule has 0 aliphatic rings. The van der Waals surface area contributed by atoms with Crippen LogP contribution in [0, 0.1) is 17.5 Å². The molecule has 1 aromatic heterocycles. The number of halogens is 6. The van der Waals surface area contributed by atoms with Crippen molar-refractivity contribution in [3.8, 4) is 17.1 Å². The van der Waals surface area contributed by atoms with Crippen LogP contribution in [0.1, 0.15) is 16.7 Å². The summed E-state index contributed by atoms with van der Waals surface area (Å²) in [5.74, 6) is -4.52. The molecule has 0 saturated heterocycles. The Kier molecular flexibility index (Phi) is 6.93. The van der Waals surface area contributed by atoms with Crippen LogP contribution in [-0.4, -0.2) is 23.4 Å². The minimum absolute atomic E-state index is 0.00229. The van der Waals surface area contributed by atoms with E-state index in [2.05, 4.69) is 14.7 Å². The number of ether oxygens (including phenoxy) is 2. The van der Waals surface area contributed by atoms with Crippen LogP contribution in [0.3, 0.4) is 0 Å². The van der Waals surface area contributed by atoms with Gasteiger partial charge in [-0.25, -0.2) is 23.1 Å². The summed E-state index contributed by atoms with van der Waals surface area (Å²) in [7, 11) is 1.57. The van der Waals surface area contributed by atoms with E-state index in [0.29, 0.717) is 34.3 Å².